The fourth-order valence-electron chi connectivity index (χ4n) is 1.67. The maximum atomic E-state index is 12.9. The van der Waals surface area contributed by atoms with Gasteiger partial charge in [-0.3, -0.25) is 0 Å². The molecule has 0 bridgehead atoms. The van der Waals surface area contributed by atoms with Gasteiger partial charge in [-0.1, -0.05) is 0 Å². The zero-order valence-electron chi connectivity index (χ0n) is 10.7. The van der Waals surface area contributed by atoms with Gasteiger partial charge in [0.15, 0.2) is 0 Å². The molecular formula is C14H13F3O3. The minimum Gasteiger partial charge on any atom is -0.491 e. The van der Waals surface area contributed by atoms with E-state index in [1.165, 1.54) is 19.4 Å². The Balaban J connectivity index is 2.34. The topological polar surface area (TPSA) is 31.6 Å². The molecule has 1 heterocycles. The molecule has 108 valence electrons. The van der Waals surface area contributed by atoms with Crippen molar-refractivity contribution in [2.24, 2.45) is 0 Å². The molecule has 0 N–H and O–H groups in total. The quantitative estimate of drug-likeness (QED) is 0.779. The van der Waals surface area contributed by atoms with Gasteiger partial charge in [0.2, 0.25) is 0 Å². The van der Waals surface area contributed by atoms with Crippen molar-refractivity contribution in [2.75, 3.05) is 20.3 Å². The molecule has 0 aliphatic rings. The molecule has 0 fully saturated rings. The highest BCUT2D eigenvalue weighted by atomic mass is 19.4. The van der Waals surface area contributed by atoms with Gasteiger partial charge in [-0.05, 0) is 30.3 Å². The SMILES string of the molecule is COCCOc1cc(-c2ccco2)cc(C(F)(F)F)c1. The van der Waals surface area contributed by atoms with Gasteiger partial charge in [0.25, 0.3) is 0 Å². The second kappa shape index (κ2) is 6.00. The predicted octanol–water partition coefficient (Wildman–Crippen LogP) is 3.99. The van der Waals surface area contributed by atoms with Crippen LogP contribution in [0.4, 0.5) is 13.2 Å². The van der Waals surface area contributed by atoms with Gasteiger partial charge in [0.1, 0.15) is 18.1 Å². The predicted molar refractivity (Wildman–Crippen MR) is 66.5 cm³/mol. The second-order valence-corrected chi connectivity index (χ2v) is 4.06. The first kappa shape index (κ1) is 14.5. The van der Waals surface area contributed by atoms with Crippen molar-refractivity contribution in [3.8, 4) is 17.1 Å². The average molecular weight is 286 g/mol. The molecule has 0 atom stereocenters. The Morgan fingerprint density at radius 3 is 2.55 bits per heavy atom. The molecule has 0 amide bonds. The van der Waals surface area contributed by atoms with Crippen LogP contribution in [-0.4, -0.2) is 20.3 Å². The number of rotatable bonds is 5. The van der Waals surface area contributed by atoms with E-state index in [-0.39, 0.29) is 12.4 Å². The third kappa shape index (κ3) is 3.54. The van der Waals surface area contributed by atoms with Gasteiger partial charge in [-0.15, -0.1) is 0 Å². The lowest BCUT2D eigenvalue weighted by Gasteiger charge is -2.12. The second-order valence-electron chi connectivity index (χ2n) is 4.06. The van der Waals surface area contributed by atoms with Crippen molar-refractivity contribution in [2.45, 2.75) is 6.18 Å². The molecule has 0 radical (unpaired) electrons. The highest BCUT2D eigenvalue weighted by Crippen LogP contribution is 2.35. The van der Waals surface area contributed by atoms with Crippen LogP contribution in [0, 0.1) is 0 Å². The van der Waals surface area contributed by atoms with E-state index < -0.39 is 11.7 Å². The number of methoxy groups -OCH3 is 1. The number of furan rings is 1. The van der Waals surface area contributed by atoms with Crippen LogP contribution < -0.4 is 4.74 Å². The van der Waals surface area contributed by atoms with E-state index in [0.29, 0.717) is 17.9 Å². The number of benzene rings is 1. The van der Waals surface area contributed by atoms with Crippen LogP contribution in [0.25, 0.3) is 11.3 Å². The van der Waals surface area contributed by atoms with Gasteiger partial charge >= 0.3 is 6.18 Å². The lowest BCUT2D eigenvalue weighted by molar-refractivity contribution is -0.137. The Morgan fingerprint density at radius 2 is 1.95 bits per heavy atom. The molecule has 1 aromatic heterocycles. The molecule has 1 aromatic carbocycles. The number of hydrogen-bond acceptors (Lipinski definition) is 3. The largest absolute Gasteiger partial charge is 0.491 e. The summed E-state index contributed by atoms with van der Waals surface area (Å²) in [5.41, 5.74) is -0.462. The normalized spacial score (nSPS) is 11.6. The van der Waals surface area contributed by atoms with Crippen molar-refractivity contribution in [3.05, 3.63) is 42.2 Å². The lowest BCUT2D eigenvalue weighted by atomic mass is 10.1. The molecule has 0 unspecified atom stereocenters. The molecule has 0 saturated heterocycles. The number of alkyl halides is 3. The van der Waals surface area contributed by atoms with Crippen LogP contribution in [0.3, 0.4) is 0 Å². The van der Waals surface area contributed by atoms with Crippen LogP contribution in [-0.2, 0) is 10.9 Å². The number of halogens is 3. The molecule has 2 rings (SSSR count). The van der Waals surface area contributed by atoms with Crippen LogP contribution in [0.5, 0.6) is 5.75 Å². The smallest absolute Gasteiger partial charge is 0.416 e. The van der Waals surface area contributed by atoms with E-state index in [2.05, 4.69) is 0 Å². The van der Waals surface area contributed by atoms with E-state index >= 15 is 0 Å². The average Bonchev–Trinajstić information content (AvgIpc) is 2.91. The van der Waals surface area contributed by atoms with Crippen molar-refractivity contribution in [1.82, 2.24) is 0 Å². The van der Waals surface area contributed by atoms with E-state index in [1.807, 2.05) is 0 Å². The van der Waals surface area contributed by atoms with Crippen molar-refractivity contribution < 1.29 is 27.1 Å². The zero-order chi connectivity index (χ0) is 14.6. The summed E-state index contributed by atoms with van der Waals surface area (Å²) in [5, 5.41) is 0. The summed E-state index contributed by atoms with van der Waals surface area (Å²) in [6, 6.07) is 6.70. The lowest BCUT2D eigenvalue weighted by Crippen LogP contribution is -2.08. The van der Waals surface area contributed by atoms with Gasteiger partial charge in [-0.2, -0.15) is 13.2 Å². The van der Waals surface area contributed by atoms with E-state index in [9.17, 15) is 13.2 Å². The number of hydrogen-bond donors (Lipinski definition) is 0. The van der Waals surface area contributed by atoms with Crippen molar-refractivity contribution in [3.63, 3.8) is 0 Å². The molecular weight excluding hydrogens is 273 g/mol. The van der Waals surface area contributed by atoms with Gasteiger partial charge in [0, 0.05) is 12.7 Å². The molecule has 0 aliphatic carbocycles. The van der Waals surface area contributed by atoms with E-state index in [4.69, 9.17) is 13.9 Å². The van der Waals surface area contributed by atoms with Gasteiger partial charge < -0.3 is 13.9 Å². The van der Waals surface area contributed by atoms with Crippen molar-refractivity contribution >= 4 is 0 Å². The van der Waals surface area contributed by atoms with Crippen LogP contribution in [0.15, 0.2) is 41.0 Å². The summed E-state index contributed by atoms with van der Waals surface area (Å²) < 4.78 is 53.8. The Hall–Kier alpha value is -1.95. The third-order valence-electron chi connectivity index (χ3n) is 2.60. The Morgan fingerprint density at radius 1 is 1.15 bits per heavy atom. The van der Waals surface area contributed by atoms with Crippen LogP contribution >= 0.6 is 0 Å². The Kier molecular flexibility index (Phi) is 4.34. The molecule has 2 aromatic rings. The fraction of sp³-hybridized carbons (Fsp3) is 0.286. The van der Waals surface area contributed by atoms with Crippen LogP contribution in [0.1, 0.15) is 5.56 Å². The zero-order valence-corrected chi connectivity index (χ0v) is 10.7. The van der Waals surface area contributed by atoms with Gasteiger partial charge in [-0.25, -0.2) is 0 Å². The molecule has 3 nitrogen and oxygen atoms in total. The maximum absolute atomic E-state index is 12.9. The minimum atomic E-state index is -4.44. The molecule has 6 heteroatoms. The third-order valence-corrected chi connectivity index (χ3v) is 2.60. The van der Waals surface area contributed by atoms with Crippen LogP contribution in [0.2, 0.25) is 0 Å². The molecule has 0 spiro atoms. The standard InChI is InChI=1S/C14H13F3O3/c1-18-5-6-19-12-8-10(13-3-2-4-20-13)7-11(9-12)14(15,16)17/h2-4,7-9H,5-6H2,1H3. The highest BCUT2D eigenvalue weighted by Gasteiger charge is 2.31. The molecule has 20 heavy (non-hydrogen) atoms. The van der Waals surface area contributed by atoms with Gasteiger partial charge in [0.05, 0.1) is 18.4 Å². The summed E-state index contributed by atoms with van der Waals surface area (Å²) in [7, 11) is 1.49. The maximum Gasteiger partial charge on any atom is 0.416 e. The van der Waals surface area contributed by atoms with E-state index in [0.717, 1.165) is 12.1 Å². The first-order chi connectivity index (χ1) is 9.50. The Bertz CT molecular complexity index is 547. The van der Waals surface area contributed by atoms with Crippen molar-refractivity contribution in [1.29, 1.82) is 0 Å². The summed E-state index contributed by atoms with van der Waals surface area (Å²) >= 11 is 0. The highest BCUT2D eigenvalue weighted by molar-refractivity contribution is 5.61. The summed E-state index contributed by atoms with van der Waals surface area (Å²) in [5.74, 6) is 0.482. The monoisotopic (exact) mass is 286 g/mol. The van der Waals surface area contributed by atoms with E-state index in [1.54, 1.807) is 12.1 Å². The first-order valence-electron chi connectivity index (χ1n) is 5.88. The summed E-state index contributed by atoms with van der Waals surface area (Å²) in [6.07, 6.45) is -3.04. The fourth-order valence-corrected chi connectivity index (χ4v) is 1.67. The molecule has 0 aliphatic heterocycles. The Labute approximate surface area is 113 Å². The first-order valence-corrected chi connectivity index (χ1v) is 5.88. The molecule has 0 saturated carbocycles. The number of ether oxygens (including phenoxy) is 2. The summed E-state index contributed by atoms with van der Waals surface area (Å²) in [6.45, 7) is 0.474. The summed E-state index contributed by atoms with van der Waals surface area (Å²) in [4.78, 5) is 0. The minimum absolute atomic E-state index is 0.128.